The molecule has 2 aromatic carbocycles. The number of nitrogens with zero attached hydrogens (tertiary/aromatic N) is 2. The Balaban J connectivity index is 1.47. The largest absolute Gasteiger partial charge is 0.497 e. The van der Waals surface area contributed by atoms with Crippen LogP contribution in [0, 0.1) is 0 Å². The monoisotopic (exact) mass is 435 g/mol. The van der Waals surface area contributed by atoms with E-state index in [-0.39, 0.29) is 12.1 Å². The van der Waals surface area contributed by atoms with Crippen LogP contribution in [0.3, 0.4) is 0 Å². The van der Waals surface area contributed by atoms with Crippen molar-refractivity contribution >= 4 is 22.2 Å². The number of methoxy groups -OCH3 is 1. The van der Waals surface area contributed by atoms with Gasteiger partial charge in [0.2, 0.25) is 0 Å². The summed E-state index contributed by atoms with van der Waals surface area (Å²) in [5.74, 6) is 0.102. The van der Waals surface area contributed by atoms with E-state index in [1.54, 1.807) is 37.6 Å². The first-order valence-corrected chi connectivity index (χ1v) is 10.5. The second-order valence-electron chi connectivity index (χ2n) is 6.99. The molecule has 8 heteroatoms. The van der Waals surface area contributed by atoms with Crippen molar-refractivity contribution in [2.75, 3.05) is 13.7 Å². The molecule has 1 amide bonds. The maximum absolute atomic E-state index is 12.8. The Bertz CT molecular complexity index is 1250. The van der Waals surface area contributed by atoms with Crippen LogP contribution in [-0.4, -0.2) is 34.1 Å². The zero-order valence-electron chi connectivity index (χ0n) is 16.8. The molecular formula is C23H21N3O4S. The van der Waals surface area contributed by atoms with Gasteiger partial charge in [-0.3, -0.25) is 14.0 Å². The number of hydrogen-bond donors (Lipinski definition) is 2. The molecule has 0 aliphatic rings. The van der Waals surface area contributed by atoms with E-state index in [0.717, 1.165) is 10.4 Å². The molecule has 4 rings (SSSR count). The van der Waals surface area contributed by atoms with E-state index in [1.165, 1.54) is 21.9 Å². The third-order valence-corrected chi connectivity index (χ3v) is 5.87. The van der Waals surface area contributed by atoms with Crippen LogP contribution in [0.25, 0.3) is 4.96 Å². The number of ether oxygens (including phenoxy) is 1. The molecule has 0 saturated heterocycles. The van der Waals surface area contributed by atoms with Crippen LogP contribution in [-0.2, 0) is 6.42 Å². The molecule has 2 aromatic heterocycles. The average molecular weight is 436 g/mol. The highest BCUT2D eigenvalue weighted by atomic mass is 32.1. The van der Waals surface area contributed by atoms with Crippen molar-refractivity contribution in [3.8, 4) is 5.75 Å². The van der Waals surface area contributed by atoms with Gasteiger partial charge in [-0.15, -0.1) is 11.3 Å². The van der Waals surface area contributed by atoms with E-state index < -0.39 is 17.6 Å². The van der Waals surface area contributed by atoms with Gasteiger partial charge >= 0.3 is 0 Å². The quantitative estimate of drug-likeness (QED) is 0.466. The Labute approximate surface area is 182 Å². The second kappa shape index (κ2) is 9.11. The van der Waals surface area contributed by atoms with Gasteiger partial charge in [0.25, 0.3) is 11.5 Å². The number of rotatable bonds is 7. The highest BCUT2D eigenvalue weighted by molar-refractivity contribution is 7.17. The third-order valence-electron chi connectivity index (χ3n) is 4.88. The molecule has 0 spiro atoms. The van der Waals surface area contributed by atoms with E-state index >= 15 is 0 Å². The van der Waals surface area contributed by atoms with Gasteiger partial charge < -0.3 is 15.2 Å². The number of benzene rings is 2. The first-order chi connectivity index (χ1) is 15.0. The van der Waals surface area contributed by atoms with E-state index in [1.807, 2.05) is 30.3 Å². The molecule has 0 saturated carbocycles. The van der Waals surface area contributed by atoms with Gasteiger partial charge in [0.05, 0.1) is 13.2 Å². The molecular weight excluding hydrogens is 414 g/mol. The molecule has 0 bridgehead atoms. The van der Waals surface area contributed by atoms with Crippen molar-refractivity contribution < 1.29 is 14.6 Å². The minimum atomic E-state index is -0.909. The summed E-state index contributed by atoms with van der Waals surface area (Å²) < 4.78 is 6.49. The topological polar surface area (TPSA) is 92.9 Å². The minimum Gasteiger partial charge on any atom is -0.497 e. The molecule has 1 unspecified atom stereocenters. The molecule has 1 atom stereocenters. The fourth-order valence-corrected chi connectivity index (χ4v) is 4.16. The number of fused-ring (bicyclic) bond motifs is 1. The molecule has 0 aliphatic heterocycles. The van der Waals surface area contributed by atoms with E-state index in [0.29, 0.717) is 22.7 Å². The zero-order chi connectivity index (χ0) is 21.8. The molecule has 158 valence electrons. The fraction of sp³-hybridized carbons (Fsp3) is 0.174. The van der Waals surface area contributed by atoms with Gasteiger partial charge in [0.15, 0.2) is 4.96 Å². The van der Waals surface area contributed by atoms with Gasteiger partial charge in [0.1, 0.15) is 11.3 Å². The molecule has 0 aliphatic carbocycles. The molecule has 2 N–H and O–H groups in total. The number of aliphatic hydroxyl groups is 1. The molecule has 31 heavy (non-hydrogen) atoms. The van der Waals surface area contributed by atoms with Gasteiger partial charge in [-0.2, -0.15) is 0 Å². The smallest absolute Gasteiger partial charge is 0.271 e. The van der Waals surface area contributed by atoms with E-state index in [4.69, 9.17) is 4.74 Å². The first-order valence-electron chi connectivity index (χ1n) is 9.69. The van der Waals surface area contributed by atoms with Crippen molar-refractivity contribution in [3.63, 3.8) is 0 Å². The average Bonchev–Trinajstić information content (AvgIpc) is 3.21. The number of nitrogens with one attached hydrogen (secondary N) is 1. The predicted molar refractivity (Wildman–Crippen MR) is 119 cm³/mol. The van der Waals surface area contributed by atoms with Crippen LogP contribution in [0.15, 0.2) is 71.8 Å². The van der Waals surface area contributed by atoms with Gasteiger partial charge in [-0.05, 0) is 23.3 Å². The first kappa shape index (κ1) is 20.8. The fourth-order valence-electron chi connectivity index (χ4n) is 3.19. The Hall–Kier alpha value is -3.49. The lowest BCUT2D eigenvalue weighted by Crippen LogP contribution is -2.33. The summed E-state index contributed by atoms with van der Waals surface area (Å²) in [5.41, 5.74) is 1.27. The second-order valence-corrected chi connectivity index (χ2v) is 8.08. The van der Waals surface area contributed by atoms with Crippen molar-refractivity contribution in [3.05, 3.63) is 98.9 Å². The number of aliphatic hydroxyl groups excluding tert-OH is 1. The van der Waals surface area contributed by atoms with Crippen LogP contribution in [0.1, 0.15) is 32.5 Å². The Morgan fingerprint density at radius 3 is 2.65 bits per heavy atom. The van der Waals surface area contributed by atoms with E-state index in [9.17, 15) is 14.7 Å². The normalized spacial score (nSPS) is 11.9. The number of thiazole rings is 1. The standard InChI is InChI=1S/C23H21N3O4S/c1-30-17-9-7-16(8-10-17)20(27)13-24-21(28)19-12-25-23-26(22(19)29)14-18(31-23)11-15-5-3-2-4-6-15/h2-10,12,14,20,27H,11,13H2,1H3,(H,24,28). The summed E-state index contributed by atoms with van der Waals surface area (Å²) in [4.78, 5) is 31.1. The number of carbonyl (C=O) groups is 1. The Kier molecular flexibility index (Phi) is 6.11. The number of aromatic nitrogens is 2. The number of amides is 1. The van der Waals surface area contributed by atoms with Gasteiger partial charge in [-0.1, -0.05) is 42.5 Å². The molecule has 0 radical (unpaired) electrons. The lowest BCUT2D eigenvalue weighted by molar-refractivity contribution is 0.0914. The lowest BCUT2D eigenvalue weighted by atomic mass is 10.1. The van der Waals surface area contributed by atoms with E-state index in [2.05, 4.69) is 10.3 Å². The Morgan fingerprint density at radius 1 is 1.19 bits per heavy atom. The number of hydrogen-bond acceptors (Lipinski definition) is 6. The van der Waals surface area contributed by atoms with Crippen molar-refractivity contribution in [2.24, 2.45) is 0 Å². The summed E-state index contributed by atoms with van der Waals surface area (Å²) in [7, 11) is 1.56. The maximum atomic E-state index is 12.8. The van der Waals surface area contributed by atoms with Gasteiger partial charge in [-0.25, -0.2) is 4.98 Å². The molecule has 0 fully saturated rings. The van der Waals surface area contributed by atoms with Gasteiger partial charge in [0, 0.05) is 30.2 Å². The summed E-state index contributed by atoms with van der Waals surface area (Å²) in [5, 5.41) is 12.9. The minimum absolute atomic E-state index is 0.0315. The summed E-state index contributed by atoms with van der Waals surface area (Å²) in [6, 6.07) is 16.8. The van der Waals surface area contributed by atoms with Crippen LogP contribution in [0.5, 0.6) is 5.75 Å². The SMILES string of the molecule is COc1ccc(C(O)CNC(=O)c2cnc3sc(Cc4ccccc4)cn3c2=O)cc1. The van der Waals surface area contributed by atoms with Crippen LogP contribution in [0.4, 0.5) is 0 Å². The summed E-state index contributed by atoms with van der Waals surface area (Å²) in [6.07, 6.45) is 2.79. The van der Waals surface area contributed by atoms with Crippen LogP contribution < -0.4 is 15.6 Å². The maximum Gasteiger partial charge on any atom is 0.271 e. The van der Waals surface area contributed by atoms with Crippen molar-refractivity contribution in [2.45, 2.75) is 12.5 Å². The molecule has 7 nitrogen and oxygen atoms in total. The van der Waals surface area contributed by atoms with Crippen molar-refractivity contribution in [1.29, 1.82) is 0 Å². The van der Waals surface area contributed by atoms with Crippen molar-refractivity contribution in [1.82, 2.24) is 14.7 Å². The Morgan fingerprint density at radius 2 is 1.94 bits per heavy atom. The highest BCUT2D eigenvalue weighted by Gasteiger charge is 2.17. The number of carbonyl (C=O) groups excluding carboxylic acids is 1. The highest BCUT2D eigenvalue weighted by Crippen LogP contribution is 2.19. The van der Waals surface area contributed by atoms with Crippen LogP contribution in [0.2, 0.25) is 0 Å². The summed E-state index contributed by atoms with van der Waals surface area (Å²) in [6.45, 7) is -0.0315. The predicted octanol–water partition coefficient (Wildman–Crippen LogP) is 2.82. The van der Waals surface area contributed by atoms with Crippen LogP contribution >= 0.6 is 11.3 Å². The third kappa shape index (κ3) is 4.65. The molecule has 2 heterocycles. The lowest BCUT2D eigenvalue weighted by Gasteiger charge is -2.12. The summed E-state index contributed by atoms with van der Waals surface area (Å²) >= 11 is 1.42. The molecule has 4 aromatic rings. The zero-order valence-corrected chi connectivity index (χ0v) is 17.6.